The SMILES string of the molecule is COC(C)(C)CCn1cc(CCN)c2ccc(Cl)cc21. The minimum atomic E-state index is -0.122. The van der Waals surface area contributed by atoms with Gasteiger partial charge in [-0.1, -0.05) is 17.7 Å². The van der Waals surface area contributed by atoms with Crippen LogP contribution >= 0.6 is 11.6 Å². The van der Waals surface area contributed by atoms with Crippen LogP contribution in [-0.4, -0.2) is 23.8 Å². The maximum atomic E-state index is 6.13. The van der Waals surface area contributed by atoms with Gasteiger partial charge in [0.15, 0.2) is 0 Å². The minimum Gasteiger partial charge on any atom is -0.379 e. The van der Waals surface area contributed by atoms with Crippen molar-refractivity contribution in [2.75, 3.05) is 13.7 Å². The predicted octanol–water partition coefficient (Wildman–Crippen LogP) is 3.61. The standard InChI is InChI=1S/C16H23ClN2O/c1-16(2,20-3)7-9-19-11-12(6-8-18)14-5-4-13(17)10-15(14)19/h4-5,10-11H,6-9,18H2,1-3H3. The quantitative estimate of drug-likeness (QED) is 0.884. The molecule has 1 aromatic heterocycles. The number of hydrogen-bond acceptors (Lipinski definition) is 2. The predicted molar refractivity (Wildman–Crippen MR) is 85.4 cm³/mol. The Bertz CT molecular complexity index is 589. The summed E-state index contributed by atoms with van der Waals surface area (Å²) in [6, 6.07) is 6.05. The third kappa shape index (κ3) is 3.35. The zero-order valence-electron chi connectivity index (χ0n) is 12.4. The Labute approximate surface area is 125 Å². The van der Waals surface area contributed by atoms with Gasteiger partial charge in [-0.25, -0.2) is 0 Å². The maximum absolute atomic E-state index is 6.13. The third-order valence-corrected chi connectivity index (χ3v) is 4.08. The van der Waals surface area contributed by atoms with E-state index in [-0.39, 0.29) is 5.60 Å². The monoisotopic (exact) mass is 294 g/mol. The fourth-order valence-electron chi connectivity index (χ4n) is 2.37. The van der Waals surface area contributed by atoms with Crippen LogP contribution in [0, 0.1) is 0 Å². The highest BCUT2D eigenvalue weighted by atomic mass is 35.5. The van der Waals surface area contributed by atoms with Gasteiger partial charge in [0, 0.05) is 35.8 Å². The molecule has 0 atom stereocenters. The molecular formula is C16H23ClN2O. The topological polar surface area (TPSA) is 40.2 Å². The lowest BCUT2D eigenvalue weighted by atomic mass is 10.1. The summed E-state index contributed by atoms with van der Waals surface area (Å²) in [5, 5.41) is 2.01. The molecule has 0 aliphatic heterocycles. The molecule has 0 fully saturated rings. The van der Waals surface area contributed by atoms with Crippen molar-refractivity contribution in [1.29, 1.82) is 0 Å². The number of hydrogen-bond donors (Lipinski definition) is 1. The van der Waals surface area contributed by atoms with Gasteiger partial charge >= 0.3 is 0 Å². The zero-order chi connectivity index (χ0) is 14.8. The summed E-state index contributed by atoms with van der Waals surface area (Å²) in [5.74, 6) is 0. The summed E-state index contributed by atoms with van der Waals surface area (Å²) >= 11 is 6.13. The molecule has 0 radical (unpaired) electrons. The molecule has 110 valence electrons. The van der Waals surface area contributed by atoms with Crippen LogP contribution in [0.2, 0.25) is 5.02 Å². The molecule has 3 nitrogen and oxygen atoms in total. The molecule has 4 heteroatoms. The lowest BCUT2D eigenvalue weighted by molar-refractivity contribution is 0.0123. The number of nitrogens with two attached hydrogens (primary N) is 1. The van der Waals surface area contributed by atoms with Gasteiger partial charge in [-0.2, -0.15) is 0 Å². The number of nitrogens with zero attached hydrogens (tertiary/aromatic N) is 1. The van der Waals surface area contributed by atoms with Crippen LogP contribution in [0.3, 0.4) is 0 Å². The molecule has 0 spiro atoms. The Morgan fingerprint density at radius 1 is 1.35 bits per heavy atom. The summed E-state index contributed by atoms with van der Waals surface area (Å²) in [6.45, 7) is 5.77. The number of ether oxygens (including phenoxy) is 1. The highest BCUT2D eigenvalue weighted by Crippen LogP contribution is 2.26. The molecule has 20 heavy (non-hydrogen) atoms. The first kappa shape index (κ1) is 15.4. The van der Waals surface area contributed by atoms with Gasteiger partial charge in [-0.05, 0) is 50.9 Å². The van der Waals surface area contributed by atoms with Gasteiger partial charge in [-0.15, -0.1) is 0 Å². The largest absolute Gasteiger partial charge is 0.379 e. The maximum Gasteiger partial charge on any atom is 0.0639 e. The van der Waals surface area contributed by atoms with Crippen LogP contribution < -0.4 is 5.73 Å². The molecule has 1 aromatic carbocycles. The number of fused-ring (bicyclic) bond motifs is 1. The summed E-state index contributed by atoms with van der Waals surface area (Å²) in [7, 11) is 1.75. The highest BCUT2D eigenvalue weighted by Gasteiger charge is 2.17. The molecule has 2 N–H and O–H groups in total. The Hall–Kier alpha value is -1.03. The normalized spacial score (nSPS) is 12.2. The van der Waals surface area contributed by atoms with Gasteiger partial charge < -0.3 is 15.0 Å². The van der Waals surface area contributed by atoms with Crippen molar-refractivity contribution in [3.8, 4) is 0 Å². The van der Waals surface area contributed by atoms with Crippen molar-refractivity contribution in [3.63, 3.8) is 0 Å². The Morgan fingerprint density at radius 3 is 2.75 bits per heavy atom. The van der Waals surface area contributed by atoms with E-state index >= 15 is 0 Å². The van der Waals surface area contributed by atoms with Gasteiger partial charge in [0.2, 0.25) is 0 Å². The Balaban J connectivity index is 2.34. The third-order valence-electron chi connectivity index (χ3n) is 3.85. The number of halogens is 1. The summed E-state index contributed by atoms with van der Waals surface area (Å²) in [4.78, 5) is 0. The second kappa shape index (κ2) is 6.17. The van der Waals surface area contributed by atoms with E-state index in [1.807, 2.05) is 12.1 Å². The molecule has 0 saturated heterocycles. The molecule has 0 aliphatic carbocycles. The molecule has 1 heterocycles. The summed E-state index contributed by atoms with van der Waals surface area (Å²) < 4.78 is 7.75. The van der Waals surface area contributed by atoms with Gasteiger partial charge in [0.05, 0.1) is 5.60 Å². The number of rotatable bonds is 6. The van der Waals surface area contributed by atoms with Gasteiger partial charge in [0.25, 0.3) is 0 Å². The van der Waals surface area contributed by atoms with Crippen molar-refractivity contribution in [3.05, 3.63) is 35.0 Å². The fraction of sp³-hybridized carbons (Fsp3) is 0.500. The van der Waals surface area contributed by atoms with E-state index in [2.05, 4.69) is 30.7 Å². The lowest BCUT2D eigenvalue weighted by Gasteiger charge is -2.23. The van der Waals surface area contributed by atoms with Crippen molar-refractivity contribution in [1.82, 2.24) is 4.57 Å². The van der Waals surface area contributed by atoms with Crippen LogP contribution in [0.5, 0.6) is 0 Å². The first-order valence-corrected chi connectivity index (χ1v) is 7.37. The number of methoxy groups -OCH3 is 1. The first-order valence-electron chi connectivity index (χ1n) is 6.99. The first-order chi connectivity index (χ1) is 9.46. The molecule has 0 aliphatic rings. The number of aryl methyl sites for hydroxylation is 1. The minimum absolute atomic E-state index is 0.122. The molecular weight excluding hydrogens is 272 g/mol. The second-order valence-corrected chi connectivity index (χ2v) is 6.20. The summed E-state index contributed by atoms with van der Waals surface area (Å²) in [5.41, 5.74) is 8.04. The molecule has 0 bridgehead atoms. The Morgan fingerprint density at radius 2 is 2.10 bits per heavy atom. The molecule has 0 unspecified atom stereocenters. The van der Waals surface area contributed by atoms with E-state index in [1.54, 1.807) is 7.11 Å². The van der Waals surface area contributed by atoms with E-state index in [0.717, 1.165) is 24.4 Å². The highest BCUT2D eigenvalue weighted by molar-refractivity contribution is 6.31. The van der Waals surface area contributed by atoms with Crippen LogP contribution in [0.25, 0.3) is 10.9 Å². The van der Waals surface area contributed by atoms with Crippen molar-refractivity contribution >= 4 is 22.5 Å². The van der Waals surface area contributed by atoms with Crippen LogP contribution in [0.15, 0.2) is 24.4 Å². The molecule has 0 saturated carbocycles. The van der Waals surface area contributed by atoms with Crippen molar-refractivity contribution in [2.45, 2.75) is 38.8 Å². The second-order valence-electron chi connectivity index (χ2n) is 5.76. The van der Waals surface area contributed by atoms with Crippen molar-refractivity contribution < 1.29 is 4.74 Å². The lowest BCUT2D eigenvalue weighted by Crippen LogP contribution is -2.24. The average Bonchev–Trinajstić information content (AvgIpc) is 2.75. The van der Waals surface area contributed by atoms with E-state index in [0.29, 0.717) is 6.54 Å². The van der Waals surface area contributed by atoms with Crippen molar-refractivity contribution in [2.24, 2.45) is 5.73 Å². The summed E-state index contributed by atoms with van der Waals surface area (Å²) in [6.07, 6.45) is 4.03. The van der Waals surface area contributed by atoms with Crippen LogP contribution in [-0.2, 0) is 17.7 Å². The Kier molecular flexibility index (Phi) is 4.74. The average molecular weight is 295 g/mol. The van der Waals surface area contributed by atoms with E-state index in [4.69, 9.17) is 22.1 Å². The van der Waals surface area contributed by atoms with Gasteiger partial charge in [0.1, 0.15) is 0 Å². The molecule has 0 amide bonds. The fourth-order valence-corrected chi connectivity index (χ4v) is 2.54. The van der Waals surface area contributed by atoms with Crippen LogP contribution in [0.1, 0.15) is 25.8 Å². The molecule has 2 rings (SSSR count). The van der Waals surface area contributed by atoms with E-state index < -0.39 is 0 Å². The number of aromatic nitrogens is 1. The smallest absolute Gasteiger partial charge is 0.0639 e. The zero-order valence-corrected chi connectivity index (χ0v) is 13.2. The van der Waals surface area contributed by atoms with E-state index in [1.165, 1.54) is 16.5 Å². The van der Waals surface area contributed by atoms with E-state index in [9.17, 15) is 0 Å². The molecule has 2 aromatic rings. The van der Waals surface area contributed by atoms with Crippen LogP contribution in [0.4, 0.5) is 0 Å². The number of benzene rings is 1. The van der Waals surface area contributed by atoms with Gasteiger partial charge in [-0.3, -0.25) is 0 Å².